The lowest BCUT2D eigenvalue weighted by atomic mass is 10.1. The lowest BCUT2D eigenvalue weighted by molar-refractivity contribution is -0.802. The van der Waals surface area contributed by atoms with Crippen LogP contribution >= 0.6 is 0 Å². The predicted octanol–water partition coefficient (Wildman–Crippen LogP) is 2.21. The molecule has 0 aliphatic rings. The monoisotopic (exact) mass is 288 g/mol. The van der Waals surface area contributed by atoms with E-state index >= 15 is 0 Å². The number of benzene rings is 1. The van der Waals surface area contributed by atoms with E-state index in [9.17, 15) is 0 Å². The van der Waals surface area contributed by atoms with Gasteiger partial charge >= 0.3 is 0 Å². The Bertz CT molecular complexity index is 575. The maximum Gasteiger partial charge on any atom is 0.276 e. The van der Waals surface area contributed by atoms with Crippen LogP contribution in [-0.4, -0.2) is 36.8 Å². The lowest BCUT2D eigenvalue weighted by Gasteiger charge is -2.08. The highest BCUT2D eigenvalue weighted by Gasteiger charge is 2.13. The molecule has 0 amide bonds. The Morgan fingerprint density at radius 3 is 2.76 bits per heavy atom. The average Bonchev–Trinajstić information content (AvgIpc) is 2.79. The van der Waals surface area contributed by atoms with Crippen molar-refractivity contribution in [3.63, 3.8) is 0 Å². The second-order valence-electron chi connectivity index (χ2n) is 5.73. The molecule has 0 bridgehead atoms. The number of nitrogens with zero attached hydrogens (tertiary/aromatic N) is 3. The fourth-order valence-electron chi connectivity index (χ4n) is 2.36. The van der Waals surface area contributed by atoms with Crippen LogP contribution in [0.3, 0.4) is 0 Å². The zero-order chi connectivity index (χ0) is 15.2. The van der Waals surface area contributed by atoms with Crippen molar-refractivity contribution in [3.05, 3.63) is 42.1 Å². The van der Waals surface area contributed by atoms with Gasteiger partial charge in [0.1, 0.15) is 5.69 Å². The largest absolute Gasteiger partial charge is 0.322 e. The van der Waals surface area contributed by atoms with Crippen molar-refractivity contribution in [1.82, 2.24) is 9.58 Å². The number of ether oxygens (including phenoxy) is 1. The molecule has 0 aliphatic carbocycles. The van der Waals surface area contributed by atoms with Gasteiger partial charge in [-0.25, -0.2) is 0 Å². The molecule has 1 aromatic heterocycles. The van der Waals surface area contributed by atoms with E-state index in [0.717, 1.165) is 19.6 Å². The fraction of sp³-hybridized carbons (Fsp3) is 0.471. The van der Waals surface area contributed by atoms with Gasteiger partial charge in [0, 0.05) is 11.6 Å². The first kappa shape index (κ1) is 15.7. The molecule has 2 aromatic rings. The molecule has 0 radical (unpaired) electrons. The lowest BCUT2D eigenvalue weighted by Crippen LogP contribution is -2.42. The van der Waals surface area contributed by atoms with Gasteiger partial charge in [0.15, 0.2) is 6.20 Å². The summed E-state index contributed by atoms with van der Waals surface area (Å²) in [5.74, 6) is 0. The summed E-state index contributed by atoms with van der Waals surface area (Å²) in [5.41, 5.74) is 3.72. The summed E-state index contributed by atoms with van der Waals surface area (Å²) in [4.78, 5) is 2.18. The van der Waals surface area contributed by atoms with Gasteiger partial charge in [0.05, 0.1) is 13.7 Å². The molecule has 0 aliphatic heterocycles. The summed E-state index contributed by atoms with van der Waals surface area (Å²) in [6.07, 6.45) is 3.13. The highest BCUT2D eigenvalue weighted by atomic mass is 16.5. The Labute approximate surface area is 127 Å². The molecule has 0 spiro atoms. The third-order valence-corrected chi connectivity index (χ3v) is 3.57. The van der Waals surface area contributed by atoms with Gasteiger partial charge in [-0.1, -0.05) is 28.4 Å². The topological polar surface area (TPSA) is 21.3 Å². The van der Waals surface area contributed by atoms with Gasteiger partial charge in [-0.15, -0.1) is 0 Å². The van der Waals surface area contributed by atoms with Crippen molar-refractivity contribution in [1.29, 1.82) is 0 Å². The fourth-order valence-corrected chi connectivity index (χ4v) is 2.36. The van der Waals surface area contributed by atoms with E-state index in [0.29, 0.717) is 6.73 Å². The number of aryl methyl sites for hydroxylation is 1. The van der Waals surface area contributed by atoms with Gasteiger partial charge in [-0.2, -0.15) is 4.68 Å². The SMILES string of the molecule is Cc1cccc(-c2cc[n+](COCCCN(C)C)n2C)c1. The van der Waals surface area contributed by atoms with E-state index in [1.54, 1.807) is 0 Å². The second-order valence-corrected chi connectivity index (χ2v) is 5.73. The van der Waals surface area contributed by atoms with Crippen molar-refractivity contribution >= 4 is 0 Å². The highest BCUT2D eigenvalue weighted by molar-refractivity contribution is 5.59. The summed E-state index contributed by atoms with van der Waals surface area (Å²) < 4.78 is 9.97. The van der Waals surface area contributed by atoms with Gasteiger partial charge in [0.25, 0.3) is 6.73 Å². The molecule has 1 aromatic carbocycles. The third kappa shape index (κ3) is 4.41. The first-order valence-electron chi connectivity index (χ1n) is 7.43. The highest BCUT2D eigenvalue weighted by Crippen LogP contribution is 2.18. The summed E-state index contributed by atoms with van der Waals surface area (Å²) in [5, 5.41) is 0. The minimum atomic E-state index is 0.593. The van der Waals surface area contributed by atoms with Crippen molar-refractivity contribution in [2.45, 2.75) is 20.1 Å². The Morgan fingerprint density at radius 1 is 1.24 bits per heavy atom. The maximum absolute atomic E-state index is 5.74. The maximum atomic E-state index is 5.74. The minimum Gasteiger partial charge on any atom is -0.322 e. The first-order valence-corrected chi connectivity index (χ1v) is 7.43. The van der Waals surface area contributed by atoms with Crippen LogP contribution in [0.2, 0.25) is 0 Å². The van der Waals surface area contributed by atoms with E-state index in [1.807, 2.05) is 0 Å². The van der Waals surface area contributed by atoms with E-state index in [4.69, 9.17) is 4.74 Å². The summed E-state index contributed by atoms with van der Waals surface area (Å²) in [6, 6.07) is 10.7. The Balaban J connectivity index is 1.94. The van der Waals surface area contributed by atoms with E-state index < -0.39 is 0 Å². The van der Waals surface area contributed by atoms with E-state index in [-0.39, 0.29) is 0 Å². The van der Waals surface area contributed by atoms with E-state index in [1.165, 1.54) is 16.8 Å². The second kappa shape index (κ2) is 7.38. The minimum absolute atomic E-state index is 0.593. The van der Waals surface area contributed by atoms with Crippen molar-refractivity contribution in [2.75, 3.05) is 27.2 Å². The average molecular weight is 288 g/mol. The first-order chi connectivity index (χ1) is 10.1. The standard InChI is InChI=1S/C17H26N3O/c1-15-7-5-8-16(13-15)17-9-11-20(19(17)4)14-21-12-6-10-18(2)3/h5,7-9,11,13H,6,10,12,14H2,1-4H3/q+1. The Hall–Kier alpha value is -1.65. The van der Waals surface area contributed by atoms with E-state index in [2.05, 4.69) is 78.9 Å². The number of aromatic nitrogens is 2. The van der Waals surface area contributed by atoms with Crippen LogP contribution in [-0.2, 0) is 18.5 Å². The molecule has 4 heteroatoms. The molecular formula is C17H26N3O+. The molecule has 0 N–H and O–H groups in total. The Morgan fingerprint density at radius 2 is 2.05 bits per heavy atom. The molecule has 0 unspecified atom stereocenters. The van der Waals surface area contributed by atoms with Crippen LogP contribution in [0.15, 0.2) is 36.5 Å². The summed E-state index contributed by atoms with van der Waals surface area (Å²) in [7, 11) is 6.24. The number of rotatable bonds is 7. The van der Waals surface area contributed by atoms with Gasteiger partial charge in [-0.3, -0.25) is 0 Å². The molecule has 2 rings (SSSR count). The third-order valence-electron chi connectivity index (χ3n) is 3.57. The molecule has 21 heavy (non-hydrogen) atoms. The smallest absolute Gasteiger partial charge is 0.276 e. The summed E-state index contributed by atoms with van der Waals surface area (Å²) in [6.45, 7) is 4.56. The Kier molecular flexibility index (Phi) is 5.53. The van der Waals surface area contributed by atoms with Crippen LogP contribution in [0, 0.1) is 6.92 Å². The van der Waals surface area contributed by atoms with Crippen molar-refractivity contribution in [2.24, 2.45) is 7.05 Å². The van der Waals surface area contributed by atoms with Crippen LogP contribution in [0.25, 0.3) is 11.3 Å². The zero-order valence-electron chi connectivity index (χ0n) is 13.5. The van der Waals surface area contributed by atoms with Crippen LogP contribution in [0.4, 0.5) is 0 Å². The van der Waals surface area contributed by atoms with Gasteiger partial charge in [0.2, 0.25) is 0 Å². The van der Waals surface area contributed by atoms with Crippen molar-refractivity contribution < 1.29 is 9.42 Å². The zero-order valence-corrected chi connectivity index (χ0v) is 13.5. The molecule has 1 heterocycles. The number of hydrogen-bond donors (Lipinski definition) is 0. The molecule has 0 saturated heterocycles. The van der Waals surface area contributed by atoms with Crippen LogP contribution in [0.5, 0.6) is 0 Å². The van der Waals surface area contributed by atoms with Gasteiger partial charge < -0.3 is 9.64 Å². The van der Waals surface area contributed by atoms with Crippen LogP contribution < -0.4 is 4.68 Å². The predicted molar refractivity (Wildman–Crippen MR) is 84.9 cm³/mol. The molecule has 0 fully saturated rings. The van der Waals surface area contributed by atoms with Gasteiger partial charge in [-0.05, 0) is 40.1 Å². The molecule has 0 saturated carbocycles. The molecule has 114 valence electrons. The summed E-state index contributed by atoms with van der Waals surface area (Å²) >= 11 is 0. The van der Waals surface area contributed by atoms with Crippen molar-refractivity contribution in [3.8, 4) is 11.3 Å². The number of hydrogen-bond acceptors (Lipinski definition) is 2. The molecular weight excluding hydrogens is 262 g/mol. The van der Waals surface area contributed by atoms with Crippen LogP contribution in [0.1, 0.15) is 12.0 Å². The molecule has 4 nitrogen and oxygen atoms in total. The molecule has 0 atom stereocenters. The normalized spacial score (nSPS) is 11.3. The quantitative estimate of drug-likeness (QED) is 0.575.